The van der Waals surface area contributed by atoms with Crippen LogP contribution >= 0.6 is 0 Å². The Balaban J connectivity index is 1.68. The van der Waals surface area contributed by atoms with E-state index in [0.717, 1.165) is 47.0 Å². The maximum absolute atomic E-state index is 13.0. The van der Waals surface area contributed by atoms with E-state index in [-0.39, 0.29) is 5.97 Å². The van der Waals surface area contributed by atoms with Crippen molar-refractivity contribution in [3.8, 4) is 5.69 Å². The number of fused-ring (bicyclic) bond motifs is 1. The summed E-state index contributed by atoms with van der Waals surface area (Å²) in [5, 5.41) is 1.04. The van der Waals surface area contributed by atoms with Crippen molar-refractivity contribution in [1.82, 2.24) is 4.57 Å². The second-order valence-electron chi connectivity index (χ2n) is 8.21. The number of rotatable bonds is 8. The van der Waals surface area contributed by atoms with Gasteiger partial charge in [-0.3, -0.25) is 4.79 Å². The van der Waals surface area contributed by atoms with E-state index in [1.165, 1.54) is 17.7 Å². The SMILES string of the molecule is CCOC(=O)CCc1ccc2c(c1)c(CCc1ccccc1)cn2-c1ccc(C(F)(F)F)cc1. The molecule has 34 heavy (non-hydrogen) atoms. The molecule has 0 N–H and O–H groups in total. The highest BCUT2D eigenvalue weighted by Gasteiger charge is 2.30. The summed E-state index contributed by atoms with van der Waals surface area (Å²) in [5.74, 6) is -0.228. The summed E-state index contributed by atoms with van der Waals surface area (Å²) < 4.78 is 46.0. The summed E-state index contributed by atoms with van der Waals surface area (Å²) in [6.45, 7) is 2.14. The summed E-state index contributed by atoms with van der Waals surface area (Å²) in [5.41, 5.74) is 4.27. The van der Waals surface area contributed by atoms with Crippen LogP contribution in [-0.4, -0.2) is 17.1 Å². The molecule has 0 unspecified atom stereocenters. The molecular formula is C28H26F3NO2. The minimum atomic E-state index is -4.37. The van der Waals surface area contributed by atoms with Crippen LogP contribution in [0, 0.1) is 0 Å². The maximum Gasteiger partial charge on any atom is 0.416 e. The van der Waals surface area contributed by atoms with Gasteiger partial charge in [0.1, 0.15) is 0 Å². The average molecular weight is 466 g/mol. The van der Waals surface area contributed by atoms with Crippen LogP contribution in [0.2, 0.25) is 0 Å². The Hall–Kier alpha value is -3.54. The second kappa shape index (κ2) is 10.2. The van der Waals surface area contributed by atoms with Gasteiger partial charge in [-0.2, -0.15) is 13.2 Å². The quantitative estimate of drug-likeness (QED) is 0.264. The van der Waals surface area contributed by atoms with Gasteiger partial charge in [-0.25, -0.2) is 0 Å². The zero-order valence-corrected chi connectivity index (χ0v) is 18.9. The molecule has 176 valence electrons. The van der Waals surface area contributed by atoms with Gasteiger partial charge in [-0.15, -0.1) is 0 Å². The average Bonchev–Trinajstić information content (AvgIpc) is 3.20. The van der Waals surface area contributed by atoms with Crippen molar-refractivity contribution in [2.24, 2.45) is 0 Å². The van der Waals surface area contributed by atoms with Crippen LogP contribution in [0.3, 0.4) is 0 Å². The third-order valence-electron chi connectivity index (χ3n) is 5.87. The highest BCUT2D eigenvalue weighted by molar-refractivity contribution is 5.86. The summed E-state index contributed by atoms with van der Waals surface area (Å²) >= 11 is 0. The number of hydrogen-bond donors (Lipinski definition) is 0. The number of alkyl halides is 3. The fraction of sp³-hybridized carbons (Fsp3) is 0.250. The Labute approximate surface area is 196 Å². The molecule has 3 aromatic carbocycles. The molecule has 0 aliphatic heterocycles. The fourth-order valence-electron chi connectivity index (χ4n) is 4.13. The summed E-state index contributed by atoms with van der Waals surface area (Å²) in [6.07, 6.45) is 0.142. The van der Waals surface area contributed by atoms with Crippen LogP contribution in [-0.2, 0) is 35.0 Å². The topological polar surface area (TPSA) is 31.2 Å². The Kier molecular flexibility index (Phi) is 7.06. The molecule has 3 nitrogen and oxygen atoms in total. The number of esters is 1. The van der Waals surface area contributed by atoms with Gasteiger partial charge in [0.2, 0.25) is 0 Å². The summed E-state index contributed by atoms with van der Waals surface area (Å²) in [4.78, 5) is 11.8. The van der Waals surface area contributed by atoms with Crippen molar-refractivity contribution >= 4 is 16.9 Å². The fourth-order valence-corrected chi connectivity index (χ4v) is 4.13. The number of ether oxygens (including phenoxy) is 1. The van der Waals surface area contributed by atoms with Crippen LogP contribution in [0.4, 0.5) is 13.2 Å². The molecule has 4 aromatic rings. The molecule has 0 radical (unpaired) electrons. The van der Waals surface area contributed by atoms with Crippen molar-refractivity contribution in [2.45, 2.75) is 38.8 Å². The van der Waals surface area contributed by atoms with E-state index in [2.05, 4.69) is 18.2 Å². The third kappa shape index (κ3) is 5.50. The zero-order valence-electron chi connectivity index (χ0n) is 18.9. The molecule has 0 atom stereocenters. The molecule has 4 rings (SSSR count). The van der Waals surface area contributed by atoms with Crippen molar-refractivity contribution in [1.29, 1.82) is 0 Å². The van der Waals surface area contributed by atoms with E-state index in [0.29, 0.717) is 25.1 Å². The first-order chi connectivity index (χ1) is 16.3. The van der Waals surface area contributed by atoms with E-state index in [4.69, 9.17) is 4.74 Å². The highest BCUT2D eigenvalue weighted by Crippen LogP contribution is 2.32. The Morgan fingerprint density at radius 1 is 0.882 bits per heavy atom. The lowest BCUT2D eigenvalue weighted by Crippen LogP contribution is -2.05. The first kappa shape index (κ1) is 23.6. The predicted molar refractivity (Wildman–Crippen MR) is 127 cm³/mol. The lowest BCUT2D eigenvalue weighted by molar-refractivity contribution is -0.143. The number of aromatic nitrogens is 1. The third-order valence-corrected chi connectivity index (χ3v) is 5.87. The lowest BCUT2D eigenvalue weighted by atomic mass is 10.0. The lowest BCUT2D eigenvalue weighted by Gasteiger charge is -2.10. The van der Waals surface area contributed by atoms with Crippen LogP contribution in [0.15, 0.2) is 79.0 Å². The smallest absolute Gasteiger partial charge is 0.416 e. The van der Waals surface area contributed by atoms with Crippen molar-refractivity contribution in [3.05, 3.63) is 101 Å². The molecule has 1 aromatic heterocycles. The van der Waals surface area contributed by atoms with E-state index in [1.807, 2.05) is 41.1 Å². The van der Waals surface area contributed by atoms with Crippen LogP contribution in [0.25, 0.3) is 16.6 Å². The Morgan fingerprint density at radius 2 is 1.62 bits per heavy atom. The first-order valence-corrected chi connectivity index (χ1v) is 11.3. The first-order valence-electron chi connectivity index (χ1n) is 11.3. The van der Waals surface area contributed by atoms with E-state index < -0.39 is 11.7 Å². The number of aryl methyl sites for hydroxylation is 3. The molecule has 0 aliphatic carbocycles. The molecule has 1 heterocycles. The normalized spacial score (nSPS) is 11.6. The van der Waals surface area contributed by atoms with Gasteiger partial charge < -0.3 is 9.30 Å². The van der Waals surface area contributed by atoms with Gasteiger partial charge in [0, 0.05) is 23.7 Å². The minimum Gasteiger partial charge on any atom is -0.466 e. The number of carbonyl (C=O) groups is 1. The van der Waals surface area contributed by atoms with Gasteiger partial charge in [-0.05, 0) is 79.3 Å². The predicted octanol–water partition coefficient (Wildman–Crippen LogP) is 6.93. The van der Waals surface area contributed by atoms with Gasteiger partial charge in [-0.1, -0.05) is 36.4 Å². The van der Waals surface area contributed by atoms with Gasteiger partial charge in [0.05, 0.1) is 17.7 Å². The Bertz CT molecular complexity index is 1260. The Morgan fingerprint density at radius 3 is 2.29 bits per heavy atom. The van der Waals surface area contributed by atoms with E-state index >= 15 is 0 Å². The van der Waals surface area contributed by atoms with Crippen LogP contribution in [0.1, 0.15) is 35.6 Å². The number of carbonyl (C=O) groups excluding carboxylic acids is 1. The molecule has 0 amide bonds. The molecule has 0 fully saturated rings. The number of hydrogen-bond acceptors (Lipinski definition) is 2. The van der Waals surface area contributed by atoms with Crippen molar-refractivity contribution in [2.75, 3.05) is 6.61 Å². The van der Waals surface area contributed by atoms with E-state index in [1.54, 1.807) is 6.92 Å². The molecule has 0 saturated heterocycles. The molecule has 0 aliphatic rings. The molecular weight excluding hydrogens is 439 g/mol. The van der Waals surface area contributed by atoms with E-state index in [9.17, 15) is 18.0 Å². The van der Waals surface area contributed by atoms with Gasteiger partial charge in [0.15, 0.2) is 0 Å². The molecule has 6 heteroatoms. The van der Waals surface area contributed by atoms with Crippen molar-refractivity contribution < 1.29 is 22.7 Å². The van der Waals surface area contributed by atoms with Crippen molar-refractivity contribution in [3.63, 3.8) is 0 Å². The standard InChI is InChI=1S/C28H26F3NO2/c1-2-34-27(33)17-10-21-9-16-26-25(18-21)22(11-8-20-6-4-3-5-7-20)19-32(26)24-14-12-23(13-15-24)28(29,30)31/h3-7,9,12-16,18-19H,2,8,10-11,17H2,1H3. The summed E-state index contributed by atoms with van der Waals surface area (Å²) in [7, 11) is 0. The molecule has 0 saturated carbocycles. The molecule has 0 bridgehead atoms. The maximum atomic E-state index is 13.0. The second-order valence-corrected chi connectivity index (χ2v) is 8.21. The number of nitrogens with zero attached hydrogens (tertiary/aromatic N) is 1. The highest BCUT2D eigenvalue weighted by atomic mass is 19.4. The van der Waals surface area contributed by atoms with Gasteiger partial charge in [0.25, 0.3) is 0 Å². The largest absolute Gasteiger partial charge is 0.466 e. The van der Waals surface area contributed by atoms with Crippen LogP contribution in [0.5, 0.6) is 0 Å². The molecule has 0 spiro atoms. The number of halogens is 3. The summed E-state index contributed by atoms with van der Waals surface area (Å²) in [6, 6.07) is 21.4. The monoisotopic (exact) mass is 465 g/mol. The van der Waals surface area contributed by atoms with Gasteiger partial charge >= 0.3 is 12.1 Å². The zero-order chi connectivity index (χ0) is 24.1. The van der Waals surface area contributed by atoms with Crippen LogP contribution < -0.4 is 0 Å². The minimum absolute atomic E-state index is 0.228. The number of benzene rings is 3.